The molecule has 112 valence electrons. The lowest BCUT2D eigenvalue weighted by molar-refractivity contribution is 0.415. The third-order valence-electron chi connectivity index (χ3n) is 2.85. The number of rotatable bonds is 6. The Bertz CT molecular complexity index is 620. The van der Waals surface area contributed by atoms with Crippen molar-refractivity contribution in [2.45, 2.75) is 0 Å². The Kier molecular flexibility index (Phi) is 5.85. The molecule has 0 aliphatic carbocycles. The van der Waals surface area contributed by atoms with E-state index < -0.39 is 0 Å². The molecule has 0 aromatic heterocycles. The van der Waals surface area contributed by atoms with E-state index in [0.29, 0.717) is 27.4 Å². The summed E-state index contributed by atoms with van der Waals surface area (Å²) in [5, 5.41) is 8.31. The summed E-state index contributed by atoms with van der Waals surface area (Å²) in [5.41, 5.74) is 1.79. The van der Waals surface area contributed by atoms with Crippen molar-refractivity contribution in [3.8, 4) is 5.75 Å². The normalized spacial score (nSPS) is 10.3. The second-order valence-electron chi connectivity index (χ2n) is 4.33. The highest BCUT2D eigenvalue weighted by Gasteiger charge is 2.02. The molecule has 0 bridgehead atoms. The van der Waals surface area contributed by atoms with E-state index in [0.717, 1.165) is 17.9 Å². The molecule has 0 unspecified atom stereocenters. The number of anilines is 2. The SMILES string of the molecule is COc1ccc(NCCNc2ccc(Cl)cc2Cl)cc1Cl. The van der Waals surface area contributed by atoms with E-state index in [1.807, 2.05) is 24.3 Å². The Balaban J connectivity index is 1.83. The molecule has 0 aliphatic rings. The van der Waals surface area contributed by atoms with Crippen LogP contribution >= 0.6 is 34.8 Å². The van der Waals surface area contributed by atoms with E-state index in [9.17, 15) is 0 Å². The molecule has 2 aromatic rings. The van der Waals surface area contributed by atoms with Crippen molar-refractivity contribution in [2.75, 3.05) is 30.8 Å². The van der Waals surface area contributed by atoms with Crippen LogP contribution in [0.25, 0.3) is 0 Å². The molecule has 2 N–H and O–H groups in total. The van der Waals surface area contributed by atoms with Gasteiger partial charge in [-0.15, -0.1) is 0 Å². The number of hydrogen-bond acceptors (Lipinski definition) is 3. The van der Waals surface area contributed by atoms with Gasteiger partial charge in [-0.2, -0.15) is 0 Å². The molecular formula is C15H15Cl3N2O. The molecule has 0 spiro atoms. The summed E-state index contributed by atoms with van der Waals surface area (Å²) in [7, 11) is 1.59. The Hall–Kier alpha value is -1.29. The number of nitrogens with one attached hydrogen (secondary N) is 2. The van der Waals surface area contributed by atoms with Crippen molar-refractivity contribution in [2.24, 2.45) is 0 Å². The molecule has 0 saturated carbocycles. The van der Waals surface area contributed by atoms with Crippen molar-refractivity contribution < 1.29 is 4.74 Å². The van der Waals surface area contributed by atoms with Crippen molar-refractivity contribution in [3.63, 3.8) is 0 Å². The van der Waals surface area contributed by atoms with E-state index in [1.54, 1.807) is 19.2 Å². The van der Waals surface area contributed by atoms with E-state index in [-0.39, 0.29) is 0 Å². The monoisotopic (exact) mass is 344 g/mol. The standard InChI is InChI=1S/C15H15Cl3N2O/c1-21-15-5-3-11(9-13(15)18)19-6-7-20-14-4-2-10(16)8-12(14)17/h2-5,8-9,19-20H,6-7H2,1H3. The van der Waals surface area contributed by atoms with Crippen LogP contribution in [-0.2, 0) is 0 Å². The minimum Gasteiger partial charge on any atom is -0.495 e. The van der Waals surface area contributed by atoms with Crippen LogP contribution in [0, 0.1) is 0 Å². The van der Waals surface area contributed by atoms with Crippen LogP contribution in [0.2, 0.25) is 15.1 Å². The largest absolute Gasteiger partial charge is 0.495 e. The first-order chi connectivity index (χ1) is 10.1. The summed E-state index contributed by atoms with van der Waals surface area (Å²) < 4.78 is 5.11. The van der Waals surface area contributed by atoms with Gasteiger partial charge in [0.1, 0.15) is 5.75 Å². The summed E-state index contributed by atoms with van der Waals surface area (Å²) in [6, 6.07) is 10.9. The van der Waals surface area contributed by atoms with Crippen LogP contribution in [0.3, 0.4) is 0 Å². The van der Waals surface area contributed by atoms with Crippen LogP contribution in [0.15, 0.2) is 36.4 Å². The first kappa shape index (κ1) is 16.1. The van der Waals surface area contributed by atoms with Gasteiger partial charge in [0.2, 0.25) is 0 Å². The van der Waals surface area contributed by atoms with Gasteiger partial charge in [0.05, 0.1) is 22.8 Å². The van der Waals surface area contributed by atoms with E-state index in [4.69, 9.17) is 39.5 Å². The summed E-state index contributed by atoms with van der Waals surface area (Å²) in [6.45, 7) is 1.44. The Labute approximate surface area is 139 Å². The molecule has 0 atom stereocenters. The lowest BCUT2D eigenvalue weighted by Crippen LogP contribution is -2.13. The van der Waals surface area contributed by atoms with Gasteiger partial charge in [0, 0.05) is 23.8 Å². The Morgan fingerprint density at radius 3 is 2.33 bits per heavy atom. The molecule has 2 rings (SSSR count). The van der Waals surface area contributed by atoms with Crippen molar-refractivity contribution in [1.82, 2.24) is 0 Å². The number of ether oxygens (including phenoxy) is 1. The maximum atomic E-state index is 6.08. The van der Waals surface area contributed by atoms with Gasteiger partial charge in [0.15, 0.2) is 0 Å². The van der Waals surface area contributed by atoms with E-state index >= 15 is 0 Å². The quantitative estimate of drug-likeness (QED) is 0.708. The van der Waals surface area contributed by atoms with Gasteiger partial charge < -0.3 is 15.4 Å². The lowest BCUT2D eigenvalue weighted by atomic mass is 10.3. The Morgan fingerprint density at radius 2 is 1.67 bits per heavy atom. The fourth-order valence-corrected chi connectivity index (χ4v) is 2.55. The third kappa shape index (κ3) is 4.60. The zero-order valence-corrected chi connectivity index (χ0v) is 13.7. The van der Waals surface area contributed by atoms with Crippen LogP contribution in [-0.4, -0.2) is 20.2 Å². The zero-order valence-electron chi connectivity index (χ0n) is 11.4. The highest BCUT2D eigenvalue weighted by molar-refractivity contribution is 6.36. The minimum absolute atomic E-state index is 0.580. The van der Waals surface area contributed by atoms with Gasteiger partial charge in [0.25, 0.3) is 0 Å². The summed E-state index contributed by atoms with van der Waals surface area (Å²) in [4.78, 5) is 0. The fraction of sp³-hybridized carbons (Fsp3) is 0.200. The van der Waals surface area contributed by atoms with Crippen LogP contribution in [0.5, 0.6) is 5.75 Å². The molecule has 21 heavy (non-hydrogen) atoms. The van der Waals surface area contributed by atoms with Crippen LogP contribution in [0.1, 0.15) is 0 Å². The molecule has 0 heterocycles. The van der Waals surface area contributed by atoms with Crippen LogP contribution < -0.4 is 15.4 Å². The Morgan fingerprint density at radius 1 is 0.905 bits per heavy atom. The summed E-state index contributed by atoms with van der Waals surface area (Å²) in [5.74, 6) is 0.660. The molecule has 2 aromatic carbocycles. The van der Waals surface area contributed by atoms with Crippen LogP contribution in [0.4, 0.5) is 11.4 Å². The maximum Gasteiger partial charge on any atom is 0.137 e. The lowest BCUT2D eigenvalue weighted by Gasteiger charge is -2.11. The highest BCUT2D eigenvalue weighted by atomic mass is 35.5. The van der Waals surface area contributed by atoms with E-state index in [2.05, 4.69) is 10.6 Å². The number of benzene rings is 2. The average molecular weight is 346 g/mol. The smallest absolute Gasteiger partial charge is 0.137 e. The highest BCUT2D eigenvalue weighted by Crippen LogP contribution is 2.27. The van der Waals surface area contributed by atoms with Gasteiger partial charge in [-0.25, -0.2) is 0 Å². The third-order valence-corrected chi connectivity index (χ3v) is 3.70. The van der Waals surface area contributed by atoms with Gasteiger partial charge in [-0.3, -0.25) is 0 Å². The zero-order chi connectivity index (χ0) is 15.2. The first-order valence-corrected chi connectivity index (χ1v) is 7.50. The molecule has 0 aliphatic heterocycles. The average Bonchev–Trinajstić information content (AvgIpc) is 2.45. The summed E-state index contributed by atoms with van der Waals surface area (Å²) >= 11 is 18.0. The minimum atomic E-state index is 0.580. The van der Waals surface area contributed by atoms with Crippen molar-refractivity contribution in [3.05, 3.63) is 51.5 Å². The number of methoxy groups -OCH3 is 1. The van der Waals surface area contributed by atoms with Crippen molar-refractivity contribution >= 4 is 46.2 Å². The second-order valence-corrected chi connectivity index (χ2v) is 5.58. The second kappa shape index (κ2) is 7.64. The molecule has 0 saturated heterocycles. The fourth-order valence-electron chi connectivity index (χ4n) is 1.81. The molecule has 3 nitrogen and oxygen atoms in total. The molecule has 0 radical (unpaired) electrons. The predicted octanol–water partition coefficient (Wildman–Crippen LogP) is 5.18. The van der Waals surface area contributed by atoms with E-state index in [1.165, 1.54) is 0 Å². The number of halogens is 3. The van der Waals surface area contributed by atoms with Gasteiger partial charge >= 0.3 is 0 Å². The first-order valence-electron chi connectivity index (χ1n) is 6.36. The predicted molar refractivity (Wildman–Crippen MR) is 91.4 cm³/mol. The summed E-state index contributed by atoms with van der Waals surface area (Å²) in [6.07, 6.45) is 0. The molecule has 0 amide bonds. The molecule has 0 fully saturated rings. The van der Waals surface area contributed by atoms with Crippen molar-refractivity contribution in [1.29, 1.82) is 0 Å². The van der Waals surface area contributed by atoms with Gasteiger partial charge in [-0.05, 0) is 36.4 Å². The maximum absolute atomic E-state index is 6.08. The van der Waals surface area contributed by atoms with Gasteiger partial charge in [-0.1, -0.05) is 34.8 Å². The molecule has 6 heteroatoms. The topological polar surface area (TPSA) is 33.3 Å². The number of hydrogen-bond donors (Lipinski definition) is 2. The molecular weight excluding hydrogens is 331 g/mol.